The van der Waals surface area contributed by atoms with E-state index >= 15 is 0 Å². The van der Waals surface area contributed by atoms with Crippen molar-refractivity contribution in [3.8, 4) is 0 Å². The van der Waals surface area contributed by atoms with E-state index in [9.17, 15) is 0 Å². The predicted octanol–water partition coefficient (Wildman–Crippen LogP) is 2.23. The summed E-state index contributed by atoms with van der Waals surface area (Å²) in [4.78, 5) is 13.3. The standard InChI is InChI=1S/C19H31N7O2/c1-2-3-10-21-17-24-18(22-11-13-28-15-14-27-12-9-20)26-19(25-17)23-16-7-5-4-6-8-16/h4-8H,2-3,9-15,20H2,1H3,(H3,21,22,23,24,25,26). The summed E-state index contributed by atoms with van der Waals surface area (Å²) in [6.45, 7) is 6.22. The highest BCUT2D eigenvalue weighted by Crippen LogP contribution is 2.15. The fourth-order valence-electron chi connectivity index (χ4n) is 2.26. The summed E-state index contributed by atoms with van der Waals surface area (Å²) in [6, 6.07) is 9.79. The maximum absolute atomic E-state index is 5.51. The molecule has 0 aliphatic heterocycles. The molecule has 0 saturated heterocycles. The molecule has 0 radical (unpaired) electrons. The number of aromatic nitrogens is 3. The second kappa shape index (κ2) is 13.6. The number of ether oxygens (including phenoxy) is 2. The fourth-order valence-corrected chi connectivity index (χ4v) is 2.26. The topological polar surface area (TPSA) is 119 Å². The summed E-state index contributed by atoms with van der Waals surface area (Å²) in [6.07, 6.45) is 2.15. The summed E-state index contributed by atoms with van der Waals surface area (Å²) in [7, 11) is 0. The number of rotatable bonds is 15. The normalized spacial score (nSPS) is 10.6. The first-order valence-corrected chi connectivity index (χ1v) is 9.73. The van der Waals surface area contributed by atoms with Crippen LogP contribution in [0.2, 0.25) is 0 Å². The highest BCUT2D eigenvalue weighted by atomic mass is 16.5. The summed E-state index contributed by atoms with van der Waals surface area (Å²) in [5.74, 6) is 1.52. The fraction of sp³-hybridized carbons (Fsp3) is 0.526. The molecule has 2 aromatic rings. The quantitative estimate of drug-likeness (QED) is 0.340. The maximum atomic E-state index is 5.51. The smallest absolute Gasteiger partial charge is 0.233 e. The van der Waals surface area contributed by atoms with Crippen LogP contribution in [0.25, 0.3) is 0 Å². The van der Waals surface area contributed by atoms with Gasteiger partial charge in [-0.1, -0.05) is 31.5 Å². The van der Waals surface area contributed by atoms with Crippen molar-refractivity contribution in [3.05, 3.63) is 30.3 Å². The number of nitrogens with one attached hydrogen (secondary N) is 3. The lowest BCUT2D eigenvalue weighted by Gasteiger charge is -2.11. The molecule has 2 rings (SSSR count). The number of nitrogens with two attached hydrogens (primary N) is 1. The van der Waals surface area contributed by atoms with E-state index in [4.69, 9.17) is 15.2 Å². The molecule has 0 saturated carbocycles. The number of hydrogen-bond acceptors (Lipinski definition) is 9. The molecule has 1 aromatic heterocycles. The van der Waals surface area contributed by atoms with Crippen molar-refractivity contribution < 1.29 is 9.47 Å². The van der Waals surface area contributed by atoms with Crippen molar-refractivity contribution >= 4 is 23.5 Å². The highest BCUT2D eigenvalue weighted by Gasteiger charge is 2.07. The van der Waals surface area contributed by atoms with E-state index in [0.29, 0.717) is 57.4 Å². The Hall–Kier alpha value is -2.49. The first-order chi connectivity index (χ1) is 13.8. The minimum absolute atomic E-state index is 0.485. The van der Waals surface area contributed by atoms with Crippen LogP contribution in [0.4, 0.5) is 23.5 Å². The SMILES string of the molecule is CCCCNc1nc(NCCOCCOCCN)nc(Nc2ccccc2)n1. The Bertz CT molecular complexity index is 658. The van der Waals surface area contributed by atoms with E-state index in [-0.39, 0.29) is 0 Å². The van der Waals surface area contributed by atoms with Gasteiger partial charge in [-0.2, -0.15) is 15.0 Å². The minimum Gasteiger partial charge on any atom is -0.378 e. The van der Waals surface area contributed by atoms with E-state index in [1.165, 1.54) is 0 Å². The van der Waals surface area contributed by atoms with Gasteiger partial charge in [0.1, 0.15) is 0 Å². The first kappa shape index (κ1) is 21.8. The Balaban J connectivity index is 1.87. The van der Waals surface area contributed by atoms with Crippen LogP contribution in [0.5, 0.6) is 0 Å². The summed E-state index contributed by atoms with van der Waals surface area (Å²) >= 11 is 0. The molecule has 0 aliphatic carbocycles. The monoisotopic (exact) mass is 389 g/mol. The van der Waals surface area contributed by atoms with Crippen LogP contribution in [-0.2, 0) is 9.47 Å². The molecule has 9 heteroatoms. The number of unbranched alkanes of at least 4 members (excludes halogenated alkanes) is 1. The van der Waals surface area contributed by atoms with Crippen LogP contribution in [0.3, 0.4) is 0 Å². The van der Waals surface area contributed by atoms with Crippen molar-refractivity contribution in [2.75, 3.05) is 62.0 Å². The predicted molar refractivity (Wildman–Crippen MR) is 112 cm³/mol. The lowest BCUT2D eigenvalue weighted by molar-refractivity contribution is 0.0547. The molecular weight excluding hydrogens is 358 g/mol. The third kappa shape index (κ3) is 8.94. The van der Waals surface area contributed by atoms with Gasteiger partial charge >= 0.3 is 0 Å². The van der Waals surface area contributed by atoms with Crippen LogP contribution < -0.4 is 21.7 Å². The van der Waals surface area contributed by atoms with Crippen molar-refractivity contribution in [1.82, 2.24) is 15.0 Å². The molecule has 1 heterocycles. The maximum Gasteiger partial charge on any atom is 0.233 e. The van der Waals surface area contributed by atoms with Gasteiger partial charge < -0.3 is 31.2 Å². The molecular formula is C19H31N7O2. The molecule has 0 bridgehead atoms. The zero-order valence-electron chi connectivity index (χ0n) is 16.5. The largest absolute Gasteiger partial charge is 0.378 e. The zero-order chi connectivity index (χ0) is 19.9. The molecule has 0 fully saturated rings. The van der Waals surface area contributed by atoms with Gasteiger partial charge in [-0.25, -0.2) is 0 Å². The van der Waals surface area contributed by atoms with Gasteiger partial charge in [-0.05, 0) is 18.6 Å². The molecule has 5 N–H and O–H groups in total. The molecule has 0 spiro atoms. The Kier molecular flexibility index (Phi) is 10.6. The molecule has 0 aliphatic rings. The van der Waals surface area contributed by atoms with Crippen molar-refractivity contribution in [1.29, 1.82) is 0 Å². The molecule has 154 valence electrons. The first-order valence-electron chi connectivity index (χ1n) is 9.73. The zero-order valence-corrected chi connectivity index (χ0v) is 16.5. The van der Waals surface area contributed by atoms with Crippen LogP contribution in [0.1, 0.15) is 19.8 Å². The van der Waals surface area contributed by atoms with E-state index in [0.717, 1.165) is 25.1 Å². The van der Waals surface area contributed by atoms with Crippen LogP contribution in [-0.4, -0.2) is 61.0 Å². The molecule has 28 heavy (non-hydrogen) atoms. The van der Waals surface area contributed by atoms with Crippen LogP contribution >= 0.6 is 0 Å². The Morgan fingerprint density at radius 3 is 2.14 bits per heavy atom. The summed E-state index contributed by atoms with van der Waals surface area (Å²) < 4.78 is 10.8. The van der Waals surface area contributed by atoms with Gasteiger partial charge in [-0.3, -0.25) is 0 Å². The van der Waals surface area contributed by atoms with Gasteiger partial charge in [0.05, 0.1) is 26.4 Å². The molecule has 0 amide bonds. The number of hydrogen-bond donors (Lipinski definition) is 4. The molecule has 0 atom stereocenters. The van der Waals surface area contributed by atoms with E-state index in [2.05, 4.69) is 37.8 Å². The third-order valence-electron chi connectivity index (χ3n) is 3.64. The third-order valence-corrected chi connectivity index (χ3v) is 3.64. The van der Waals surface area contributed by atoms with Gasteiger partial charge in [0, 0.05) is 25.3 Å². The average Bonchev–Trinajstić information content (AvgIpc) is 2.71. The number of para-hydroxylation sites is 1. The lowest BCUT2D eigenvalue weighted by Crippen LogP contribution is -2.17. The van der Waals surface area contributed by atoms with Crippen LogP contribution in [0, 0.1) is 0 Å². The average molecular weight is 390 g/mol. The second-order valence-corrected chi connectivity index (χ2v) is 6.02. The molecule has 9 nitrogen and oxygen atoms in total. The summed E-state index contributed by atoms with van der Waals surface area (Å²) in [5, 5.41) is 9.62. The lowest BCUT2D eigenvalue weighted by atomic mass is 10.3. The second-order valence-electron chi connectivity index (χ2n) is 6.02. The summed E-state index contributed by atoms with van der Waals surface area (Å²) in [5.41, 5.74) is 6.28. The number of anilines is 4. The van der Waals surface area contributed by atoms with Crippen LogP contribution in [0.15, 0.2) is 30.3 Å². The molecule has 1 aromatic carbocycles. The van der Waals surface area contributed by atoms with Crippen molar-refractivity contribution in [2.24, 2.45) is 5.73 Å². The van der Waals surface area contributed by atoms with Gasteiger partial charge in [0.2, 0.25) is 17.8 Å². The Morgan fingerprint density at radius 1 is 0.821 bits per heavy atom. The van der Waals surface area contributed by atoms with Crippen molar-refractivity contribution in [3.63, 3.8) is 0 Å². The Labute approximate surface area is 166 Å². The number of benzene rings is 1. The van der Waals surface area contributed by atoms with E-state index < -0.39 is 0 Å². The van der Waals surface area contributed by atoms with E-state index in [1.54, 1.807) is 0 Å². The highest BCUT2D eigenvalue weighted by molar-refractivity contribution is 5.55. The van der Waals surface area contributed by atoms with Crippen molar-refractivity contribution in [2.45, 2.75) is 19.8 Å². The van der Waals surface area contributed by atoms with Gasteiger partial charge in [-0.15, -0.1) is 0 Å². The Morgan fingerprint density at radius 2 is 1.46 bits per heavy atom. The van der Waals surface area contributed by atoms with Gasteiger partial charge in [0.15, 0.2) is 0 Å². The van der Waals surface area contributed by atoms with E-state index in [1.807, 2.05) is 30.3 Å². The van der Waals surface area contributed by atoms with Gasteiger partial charge in [0.25, 0.3) is 0 Å². The number of nitrogens with zero attached hydrogens (tertiary/aromatic N) is 3. The molecule has 0 unspecified atom stereocenters. The minimum atomic E-state index is 0.485.